The Bertz CT molecular complexity index is 1150. The second-order valence-electron chi connectivity index (χ2n) is 8.29. The van der Waals surface area contributed by atoms with Crippen LogP contribution < -0.4 is 5.73 Å². The normalized spacial score (nSPS) is 26.4. The molecule has 1 amide bonds. The van der Waals surface area contributed by atoms with Crippen molar-refractivity contribution in [3.63, 3.8) is 0 Å². The number of benzene rings is 1. The number of aliphatic hydroxyl groups excluding tert-OH is 1. The fraction of sp³-hybridized carbons (Fsp3) is 0.391. The Morgan fingerprint density at radius 3 is 2.58 bits per heavy atom. The first-order valence-electron chi connectivity index (χ1n) is 10.5. The Balaban J connectivity index is 1.77. The molecular weight excluding hydrogens is 434 g/mol. The summed E-state index contributed by atoms with van der Waals surface area (Å²) in [5.74, 6) is -6.65. The van der Waals surface area contributed by atoms with Gasteiger partial charge in [-0.25, -0.2) is 4.79 Å². The van der Waals surface area contributed by atoms with Gasteiger partial charge in [-0.05, 0) is 37.3 Å². The second-order valence-corrected chi connectivity index (χ2v) is 8.29. The number of hydrogen-bond donors (Lipinski definition) is 4. The van der Waals surface area contributed by atoms with E-state index in [-0.39, 0.29) is 42.1 Å². The number of rotatable bonds is 5. The van der Waals surface area contributed by atoms with Crippen LogP contribution in [0, 0.1) is 11.8 Å². The lowest BCUT2D eigenvalue weighted by Crippen LogP contribution is -2.61. The van der Waals surface area contributed by atoms with E-state index in [1.807, 2.05) is 0 Å². The van der Waals surface area contributed by atoms with E-state index in [4.69, 9.17) is 15.2 Å². The van der Waals surface area contributed by atoms with Gasteiger partial charge in [-0.1, -0.05) is 12.1 Å². The van der Waals surface area contributed by atoms with Gasteiger partial charge in [0.1, 0.15) is 22.8 Å². The third-order valence-electron chi connectivity index (χ3n) is 6.45. The van der Waals surface area contributed by atoms with Gasteiger partial charge in [0.15, 0.2) is 12.2 Å². The number of phenolic OH excluding ortho intramolecular Hbond substituents is 1. The van der Waals surface area contributed by atoms with Crippen molar-refractivity contribution in [1.82, 2.24) is 0 Å². The quantitative estimate of drug-likeness (QED) is 0.278. The number of esters is 1. The van der Waals surface area contributed by atoms with Crippen LogP contribution in [0.5, 0.6) is 5.75 Å². The number of fused-ring (bicyclic) bond motifs is 3. The minimum Gasteiger partial charge on any atom is -0.507 e. The van der Waals surface area contributed by atoms with Crippen LogP contribution in [0.1, 0.15) is 30.9 Å². The van der Waals surface area contributed by atoms with Crippen molar-refractivity contribution in [3.8, 4) is 5.75 Å². The van der Waals surface area contributed by atoms with E-state index in [0.717, 1.165) is 0 Å². The van der Waals surface area contributed by atoms with Gasteiger partial charge in [0, 0.05) is 17.9 Å². The first-order chi connectivity index (χ1) is 15.6. The predicted molar refractivity (Wildman–Crippen MR) is 111 cm³/mol. The third kappa shape index (κ3) is 3.37. The van der Waals surface area contributed by atoms with Gasteiger partial charge >= 0.3 is 5.97 Å². The highest BCUT2D eigenvalue weighted by Gasteiger charge is 2.61. The molecule has 0 spiro atoms. The molecule has 1 saturated carbocycles. The van der Waals surface area contributed by atoms with E-state index in [2.05, 4.69) is 0 Å². The molecule has 4 rings (SSSR count). The number of amides is 1. The van der Waals surface area contributed by atoms with Crippen LogP contribution in [-0.2, 0) is 35.1 Å². The van der Waals surface area contributed by atoms with Crippen molar-refractivity contribution in [2.24, 2.45) is 17.6 Å². The zero-order valence-electron chi connectivity index (χ0n) is 17.8. The number of primary amides is 1. The van der Waals surface area contributed by atoms with Gasteiger partial charge in [0.25, 0.3) is 5.91 Å². The molecule has 0 radical (unpaired) electrons. The zero-order valence-corrected chi connectivity index (χ0v) is 17.8. The van der Waals surface area contributed by atoms with Crippen LogP contribution in [-0.4, -0.2) is 57.6 Å². The molecule has 5 N–H and O–H groups in total. The standard InChI is InChI=1S/C23H23NO9/c1-2-32-15(26)9-33-14-8-12-7-11-6-10-4-3-5-13(25)16(10)19(27)17(11)20(28)23(12,31)21(29)18(14)22(24)30/h3-5,11-12,25,27,31H,2,6-9H2,1H3,(H2,24,30)/t11-,12-,23-/m0/s1. The summed E-state index contributed by atoms with van der Waals surface area (Å²) in [4.78, 5) is 50.4. The molecule has 174 valence electrons. The number of ether oxygens (including phenoxy) is 2. The number of aromatic hydroxyl groups is 1. The molecule has 0 saturated heterocycles. The fourth-order valence-corrected chi connectivity index (χ4v) is 5.02. The molecule has 0 unspecified atom stereocenters. The van der Waals surface area contributed by atoms with Crippen molar-refractivity contribution >= 4 is 29.2 Å². The monoisotopic (exact) mass is 457 g/mol. The Morgan fingerprint density at radius 2 is 1.91 bits per heavy atom. The Morgan fingerprint density at radius 1 is 1.18 bits per heavy atom. The molecule has 3 atom stereocenters. The van der Waals surface area contributed by atoms with Crippen LogP contribution >= 0.6 is 0 Å². The number of carbonyl (C=O) groups is 4. The number of allylic oxidation sites excluding steroid dienone is 1. The summed E-state index contributed by atoms with van der Waals surface area (Å²) in [6.07, 6.45) is 0.213. The molecule has 33 heavy (non-hydrogen) atoms. The van der Waals surface area contributed by atoms with Gasteiger partial charge < -0.3 is 30.5 Å². The van der Waals surface area contributed by atoms with Gasteiger partial charge in [-0.2, -0.15) is 0 Å². The average molecular weight is 457 g/mol. The molecule has 0 aliphatic heterocycles. The SMILES string of the molecule is CCOC(=O)COC1=C(C(N)=O)C(=O)[C@@]2(O)C(=O)C3=C(O)c4c(O)cccc4C[C@H]3C[C@H]2C1. The third-order valence-corrected chi connectivity index (χ3v) is 6.45. The van der Waals surface area contributed by atoms with Crippen LogP contribution in [0.4, 0.5) is 0 Å². The van der Waals surface area contributed by atoms with E-state index >= 15 is 0 Å². The lowest BCUT2D eigenvalue weighted by Gasteiger charge is -2.46. The molecule has 0 bridgehead atoms. The maximum Gasteiger partial charge on any atom is 0.344 e. The number of Topliss-reactive ketones (excluding diaryl/α,β-unsaturated/α-hetero) is 2. The number of aliphatic hydroxyl groups is 2. The first kappa shape index (κ1) is 22.5. The number of nitrogens with two attached hydrogens (primary N) is 1. The van der Waals surface area contributed by atoms with Crippen LogP contribution in [0.2, 0.25) is 0 Å². The van der Waals surface area contributed by atoms with Crippen molar-refractivity contribution in [2.75, 3.05) is 13.2 Å². The Labute approximate surface area is 188 Å². The number of ketones is 2. The summed E-state index contributed by atoms with van der Waals surface area (Å²) in [5.41, 5.74) is 2.53. The average Bonchev–Trinajstić information content (AvgIpc) is 2.74. The summed E-state index contributed by atoms with van der Waals surface area (Å²) >= 11 is 0. The van der Waals surface area contributed by atoms with Crippen molar-refractivity contribution < 1.29 is 44.0 Å². The van der Waals surface area contributed by atoms with E-state index in [9.17, 15) is 34.5 Å². The number of carbonyl (C=O) groups excluding carboxylic acids is 4. The molecule has 1 aromatic carbocycles. The molecule has 3 aliphatic carbocycles. The molecule has 1 fully saturated rings. The minimum atomic E-state index is -2.64. The van der Waals surface area contributed by atoms with E-state index in [1.165, 1.54) is 6.07 Å². The summed E-state index contributed by atoms with van der Waals surface area (Å²) in [6.45, 7) is 1.14. The van der Waals surface area contributed by atoms with E-state index < -0.39 is 58.8 Å². The maximum absolute atomic E-state index is 13.4. The molecule has 1 aromatic rings. The smallest absolute Gasteiger partial charge is 0.344 e. The van der Waals surface area contributed by atoms with E-state index in [1.54, 1.807) is 19.1 Å². The number of hydrogen-bond acceptors (Lipinski definition) is 9. The Hall–Kier alpha value is -3.66. The molecule has 0 heterocycles. The van der Waals surface area contributed by atoms with Crippen LogP contribution in [0.15, 0.2) is 35.1 Å². The van der Waals surface area contributed by atoms with E-state index in [0.29, 0.717) is 12.0 Å². The molecule has 3 aliphatic rings. The van der Waals surface area contributed by atoms with Gasteiger partial charge in [0.05, 0.1) is 12.2 Å². The minimum absolute atomic E-state index is 0.0755. The molecule has 0 aromatic heterocycles. The number of phenols is 1. The fourth-order valence-electron chi connectivity index (χ4n) is 5.02. The molecular formula is C23H23NO9. The molecule has 10 heteroatoms. The lowest BCUT2D eigenvalue weighted by atomic mass is 9.58. The highest BCUT2D eigenvalue weighted by atomic mass is 16.6. The molecule has 10 nitrogen and oxygen atoms in total. The highest BCUT2D eigenvalue weighted by molar-refractivity contribution is 6.32. The Kier molecular flexibility index (Phi) is 5.49. The van der Waals surface area contributed by atoms with Crippen LogP contribution in [0.25, 0.3) is 5.76 Å². The van der Waals surface area contributed by atoms with Crippen molar-refractivity contribution in [3.05, 3.63) is 46.2 Å². The topological polar surface area (TPSA) is 173 Å². The maximum atomic E-state index is 13.4. The largest absolute Gasteiger partial charge is 0.507 e. The summed E-state index contributed by atoms with van der Waals surface area (Å²) in [5, 5.41) is 32.3. The van der Waals surface area contributed by atoms with Crippen LogP contribution in [0.3, 0.4) is 0 Å². The van der Waals surface area contributed by atoms with Crippen molar-refractivity contribution in [1.29, 1.82) is 0 Å². The predicted octanol–water partition coefficient (Wildman–Crippen LogP) is 0.446. The highest BCUT2D eigenvalue weighted by Crippen LogP contribution is 2.51. The van der Waals surface area contributed by atoms with Gasteiger partial charge in [-0.3, -0.25) is 14.4 Å². The first-order valence-corrected chi connectivity index (χ1v) is 10.5. The summed E-state index contributed by atoms with van der Waals surface area (Å²) in [6, 6.07) is 4.67. The summed E-state index contributed by atoms with van der Waals surface area (Å²) in [7, 11) is 0. The van der Waals surface area contributed by atoms with Crippen molar-refractivity contribution in [2.45, 2.75) is 31.8 Å². The van der Waals surface area contributed by atoms with Gasteiger partial charge in [0.2, 0.25) is 11.6 Å². The summed E-state index contributed by atoms with van der Waals surface area (Å²) < 4.78 is 10.1. The zero-order chi connectivity index (χ0) is 24.1. The lowest BCUT2D eigenvalue weighted by molar-refractivity contribution is -0.160. The van der Waals surface area contributed by atoms with Gasteiger partial charge in [-0.15, -0.1) is 0 Å². The second kappa shape index (κ2) is 8.04.